The first-order valence-electron chi connectivity index (χ1n) is 8.77. The van der Waals surface area contributed by atoms with Crippen LogP contribution in [0.2, 0.25) is 0 Å². The largest absolute Gasteiger partial charge is 0.497 e. The Labute approximate surface area is 173 Å². The predicted octanol–water partition coefficient (Wildman–Crippen LogP) is 3.12. The van der Waals surface area contributed by atoms with E-state index in [9.17, 15) is 18.5 Å². The molecule has 0 saturated heterocycles. The number of hydrogen-bond acceptors (Lipinski definition) is 8. The number of anilines is 1. The molecule has 158 valence electrons. The second kappa shape index (κ2) is 8.51. The molecule has 10 nitrogen and oxygen atoms in total. The van der Waals surface area contributed by atoms with Crippen LogP contribution in [-0.2, 0) is 16.6 Å². The summed E-state index contributed by atoms with van der Waals surface area (Å²) in [6.45, 7) is -0.0659. The van der Waals surface area contributed by atoms with Crippen molar-refractivity contribution in [2.24, 2.45) is 0 Å². The van der Waals surface area contributed by atoms with Gasteiger partial charge in [-0.3, -0.25) is 10.1 Å². The molecular formula is C19H20N4O6S. The molecule has 0 radical (unpaired) electrons. The fraction of sp³-hybridized carbons (Fsp3) is 0.211. The standard InChI is InChI=1S/C19H20N4O6S/c1-20-17-9-8-16(10-18(17)23(24)25)30(26,27)22(2)11-14-12-29-19(21-14)13-4-6-15(28-3)7-5-13/h4-10,12,20H,11H2,1-3H3. The number of rotatable bonds is 8. The summed E-state index contributed by atoms with van der Waals surface area (Å²) in [5.74, 6) is 1.03. The average Bonchev–Trinajstić information content (AvgIpc) is 3.21. The van der Waals surface area contributed by atoms with E-state index in [1.807, 2.05) is 0 Å². The zero-order valence-electron chi connectivity index (χ0n) is 16.5. The second-order valence-corrected chi connectivity index (χ2v) is 8.36. The first kappa shape index (κ1) is 21.3. The van der Waals surface area contributed by atoms with Crippen LogP contribution in [-0.4, -0.2) is 43.8 Å². The van der Waals surface area contributed by atoms with Crippen molar-refractivity contribution >= 4 is 21.4 Å². The normalized spacial score (nSPS) is 11.5. The molecule has 3 rings (SSSR count). The van der Waals surface area contributed by atoms with Crippen molar-refractivity contribution in [3.63, 3.8) is 0 Å². The third kappa shape index (κ3) is 4.26. The molecule has 2 aromatic carbocycles. The van der Waals surface area contributed by atoms with Gasteiger partial charge < -0.3 is 14.5 Å². The summed E-state index contributed by atoms with van der Waals surface area (Å²) in [6, 6.07) is 10.8. The van der Waals surface area contributed by atoms with E-state index >= 15 is 0 Å². The molecule has 0 saturated carbocycles. The minimum absolute atomic E-state index is 0.0659. The molecule has 1 aromatic heterocycles. The number of methoxy groups -OCH3 is 1. The number of hydrogen-bond donors (Lipinski definition) is 1. The molecular weight excluding hydrogens is 412 g/mol. The highest BCUT2D eigenvalue weighted by Crippen LogP contribution is 2.29. The molecule has 3 aromatic rings. The summed E-state index contributed by atoms with van der Waals surface area (Å²) < 4.78 is 37.4. The Morgan fingerprint density at radius 3 is 2.53 bits per heavy atom. The Morgan fingerprint density at radius 2 is 1.93 bits per heavy atom. The molecule has 0 aliphatic carbocycles. The molecule has 1 N–H and O–H groups in total. The Morgan fingerprint density at radius 1 is 1.23 bits per heavy atom. The molecule has 0 amide bonds. The van der Waals surface area contributed by atoms with Gasteiger partial charge in [0.25, 0.3) is 5.69 Å². The van der Waals surface area contributed by atoms with Gasteiger partial charge in [-0.15, -0.1) is 0 Å². The number of aromatic nitrogens is 1. The molecule has 1 heterocycles. The van der Waals surface area contributed by atoms with Crippen LogP contribution in [0.3, 0.4) is 0 Å². The lowest BCUT2D eigenvalue weighted by molar-refractivity contribution is -0.384. The second-order valence-electron chi connectivity index (χ2n) is 6.32. The Balaban J connectivity index is 1.81. The van der Waals surface area contributed by atoms with E-state index in [4.69, 9.17) is 9.15 Å². The number of benzene rings is 2. The molecule has 30 heavy (non-hydrogen) atoms. The van der Waals surface area contributed by atoms with Crippen LogP contribution >= 0.6 is 0 Å². The minimum Gasteiger partial charge on any atom is -0.497 e. The average molecular weight is 432 g/mol. The Kier molecular flexibility index (Phi) is 6.04. The van der Waals surface area contributed by atoms with Crippen LogP contribution < -0.4 is 10.1 Å². The molecule has 0 atom stereocenters. The quantitative estimate of drug-likeness (QED) is 0.425. The van der Waals surface area contributed by atoms with Crippen molar-refractivity contribution in [1.29, 1.82) is 0 Å². The van der Waals surface area contributed by atoms with Gasteiger partial charge in [0, 0.05) is 25.7 Å². The van der Waals surface area contributed by atoms with Gasteiger partial charge in [0.05, 0.1) is 29.2 Å². The summed E-state index contributed by atoms with van der Waals surface area (Å²) in [5.41, 5.74) is 1.01. The number of oxazole rings is 1. The van der Waals surface area contributed by atoms with Crippen molar-refractivity contribution in [2.75, 3.05) is 26.5 Å². The highest BCUT2D eigenvalue weighted by molar-refractivity contribution is 7.89. The van der Waals surface area contributed by atoms with Crippen LogP contribution in [0.25, 0.3) is 11.5 Å². The first-order chi connectivity index (χ1) is 14.3. The Hall–Kier alpha value is -3.44. The topological polar surface area (TPSA) is 128 Å². The molecule has 0 aliphatic rings. The number of ether oxygens (including phenoxy) is 1. The first-order valence-corrected chi connectivity index (χ1v) is 10.2. The number of nitro groups is 1. The number of nitro benzene ring substituents is 1. The lowest BCUT2D eigenvalue weighted by Gasteiger charge is -2.16. The van der Waals surface area contributed by atoms with Crippen molar-refractivity contribution in [2.45, 2.75) is 11.4 Å². The zero-order valence-corrected chi connectivity index (χ0v) is 17.3. The molecule has 0 aliphatic heterocycles. The van der Waals surface area contributed by atoms with Gasteiger partial charge in [0.1, 0.15) is 17.7 Å². The molecule has 0 unspecified atom stereocenters. The van der Waals surface area contributed by atoms with Gasteiger partial charge in [-0.05, 0) is 36.4 Å². The van der Waals surface area contributed by atoms with E-state index in [2.05, 4.69) is 10.3 Å². The highest BCUT2D eigenvalue weighted by atomic mass is 32.2. The van der Waals surface area contributed by atoms with Crippen molar-refractivity contribution < 1.29 is 22.5 Å². The molecule has 11 heteroatoms. The smallest absolute Gasteiger partial charge is 0.293 e. The summed E-state index contributed by atoms with van der Waals surface area (Å²) in [6.07, 6.45) is 1.37. The Bertz CT molecular complexity index is 1160. The van der Waals surface area contributed by atoms with E-state index in [0.29, 0.717) is 22.9 Å². The monoisotopic (exact) mass is 432 g/mol. The maximum absolute atomic E-state index is 12.9. The van der Waals surface area contributed by atoms with Gasteiger partial charge in [-0.1, -0.05) is 0 Å². The SMILES string of the molecule is CNc1ccc(S(=O)(=O)N(C)Cc2coc(-c3ccc(OC)cc3)n2)cc1[N+](=O)[O-]. The van der Waals surface area contributed by atoms with Crippen molar-refractivity contribution in [1.82, 2.24) is 9.29 Å². The highest BCUT2D eigenvalue weighted by Gasteiger charge is 2.26. The summed E-state index contributed by atoms with van der Waals surface area (Å²) >= 11 is 0. The fourth-order valence-corrected chi connectivity index (χ4v) is 3.94. The lowest BCUT2D eigenvalue weighted by atomic mass is 10.2. The molecule has 0 spiro atoms. The van der Waals surface area contributed by atoms with E-state index in [-0.39, 0.29) is 22.8 Å². The van der Waals surface area contributed by atoms with Gasteiger partial charge in [0.2, 0.25) is 15.9 Å². The predicted molar refractivity (Wildman–Crippen MR) is 110 cm³/mol. The van der Waals surface area contributed by atoms with Crippen molar-refractivity contribution in [3.8, 4) is 17.2 Å². The maximum atomic E-state index is 12.9. The maximum Gasteiger partial charge on any atom is 0.293 e. The number of nitrogens with one attached hydrogen (secondary N) is 1. The van der Waals surface area contributed by atoms with Gasteiger partial charge in [0.15, 0.2) is 0 Å². The van der Waals surface area contributed by atoms with E-state index in [0.717, 1.165) is 10.4 Å². The van der Waals surface area contributed by atoms with Crippen molar-refractivity contribution in [3.05, 3.63) is 64.5 Å². The van der Waals surface area contributed by atoms with Crippen LogP contribution in [0.5, 0.6) is 5.75 Å². The molecule has 0 bridgehead atoms. The van der Waals surface area contributed by atoms with E-state index in [1.54, 1.807) is 31.4 Å². The zero-order chi connectivity index (χ0) is 21.9. The fourth-order valence-electron chi connectivity index (χ4n) is 2.77. The van der Waals surface area contributed by atoms with Gasteiger partial charge in [-0.25, -0.2) is 13.4 Å². The summed E-state index contributed by atoms with van der Waals surface area (Å²) in [4.78, 5) is 14.7. The number of nitrogens with zero attached hydrogens (tertiary/aromatic N) is 3. The summed E-state index contributed by atoms with van der Waals surface area (Å²) in [5, 5.41) is 13.9. The van der Waals surface area contributed by atoms with E-state index in [1.165, 1.54) is 32.5 Å². The molecule has 0 fully saturated rings. The van der Waals surface area contributed by atoms with Gasteiger partial charge in [-0.2, -0.15) is 4.31 Å². The lowest BCUT2D eigenvalue weighted by Crippen LogP contribution is -2.26. The minimum atomic E-state index is -3.98. The van der Waals surface area contributed by atoms with Crippen LogP contribution in [0.15, 0.2) is 58.0 Å². The van der Waals surface area contributed by atoms with Crippen LogP contribution in [0.1, 0.15) is 5.69 Å². The van der Waals surface area contributed by atoms with E-state index < -0.39 is 14.9 Å². The van der Waals surface area contributed by atoms with Crippen LogP contribution in [0, 0.1) is 10.1 Å². The third-order valence-corrected chi connectivity index (χ3v) is 6.22. The third-order valence-electron chi connectivity index (χ3n) is 4.42. The van der Waals surface area contributed by atoms with Gasteiger partial charge >= 0.3 is 0 Å². The van der Waals surface area contributed by atoms with Crippen LogP contribution in [0.4, 0.5) is 11.4 Å². The number of sulfonamides is 1. The summed E-state index contributed by atoms with van der Waals surface area (Å²) in [7, 11) is 0.477.